The highest BCUT2D eigenvalue weighted by Gasteiger charge is 2.11. The molecule has 1 aromatic heterocycles. The van der Waals surface area contributed by atoms with Crippen molar-refractivity contribution in [1.29, 1.82) is 0 Å². The largest absolute Gasteiger partial charge is 0.271 e. The van der Waals surface area contributed by atoms with Crippen LogP contribution in [0, 0.1) is 5.92 Å². The summed E-state index contributed by atoms with van der Waals surface area (Å²) in [5.74, 6) is 6.27. The van der Waals surface area contributed by atoms with Gasteiger partial charge in [-0.2, -0.15) is 0 Å². The Morgan fingerprint density at radius 3 is 2.64 bits per heavy atom. The van der Waals surface area contributed by atoms with E-state index in [1.807, 2.05) is 0 Å². The highest BCUT2D eigenvalue weighted by atomic mass is 79.9. The molecular formula is C10H17BrN2S. The van der Waals surface area contributed by atoms with Crippen LogP contribution in [0.4, 0.5) is 0 Å². The van der Waals surface area contributed by atoms with Crippen molar-refractivity contribution in [3.63, 3.8) is 0 Å². The highest BCUT2D eigenvalue weighted by molar-refractivity contribution is 9.11. The zero-order valence-corrected chi connectivity index (χ0v) is 11.0. The number of nitrogens with two attached hydrogens (primary N) is 1. The summed E-state index contributed by atoms with van der Waals surface area (Å²) in [6, 6.07) is 2.43. The van der Waals surface area contributed by atoms with E-state index in [4.69, 9.17) is 5.84 Å². The van der Waals surface area contributed by atoms with Crippen LogP contribution < -0.4 is 11.3 Å². The van der Waals surface area contributed by atoms with Crippen molar-refractivity contribution in [2.75, 3.05) is 0 Å². The molecule has 2 nitrogen and oxygen atoms in total. The fourth-order valence-electron chi connectivity index (χ4n) is 1.35. The SMILES string of the molecule is CC(C)CCC(NN)c1csc(Br)c1. The average Bonchev–Trinajstić information content (AvgIpc) is 2.53. The van der Waals surface area contributed by atoms with E-state index >= 15 is 0 Å². The highest BCUT2D eigenvalue weighted by Crippen LogP contribution is 2.28. The van der Waals surface area contributed by atoms with Gasteiger partial charge in [0.25, 0.3) is 0 Å². The number of rotatable bonds is 5. The van der Waals surface area contributed by atoms with Gasteiger partial charge in [0, 0.05) is 6.04 Å². The van der Waals surface area contributed by atoms with Crippen molar-refractivity contribution in [2.45, 2.75) is 32.7 Å². The van der Waals surface area contributed by atoms with Crippen LogP contribution in [-0.4, -0.2) is 0 Å². The molecule has 3 N–H and O–H groups in total. The van der Waals surface area contributed by atoms with Gasteiger partial charge in [0.05, 0.1) is 3.79 Å². The van der Waals surface area contributed by atoms with E-state index in [1.165, 1.54) is 12.0 Å². The minimum absolute atomic E-state index is 0.292. The minimum Gasteiger partial charge on any atom is -0.271 e. The molecule has 0 bridgehead atoms. The minimum atomic E-state index is 0.292. The Morgan fingerprint density at radius 2 is 2.21 bits per heavy atom. The van der Waals surface area contributed by atoms with Crippen LogP contribution in [0.1, 0.15) is 38.3 Å². The van der Waals surface area contributed by atoms with E-state index in [2.05, 4.69) is 46.6 Å². The molecule has 0 aliphatic carbocycles. The molecule has 1 aromatic rings. The lowest BCUT2D eigenvalue weighted by Crippen LogP contribution is -2.27. The molecule has 0 aliphatic rings. The Kier molecular flexibility index (Phi) is 5.09. The number of thiophene rings is 1. The van der Waals surface area contributed by atoms with Gasteiger partial charge >= 0.3 is 0 Å². The standard InChI is InChI=1S/C10H17BrN2S/c1-7(2)3-4-9(13-12)8-5-10(11)14-6-8/h5-7,9,13H,3-4,12H2,1-2H3. The molecule has 1 unspecified atom stereocenters. The third kappa shape index (κ3) is 3.69. The van der Waals surface area contributed by atoms with Crippen molar-refractivity contribution >= 4 is 27.3 Å². The number of halogens is 1. The number of nitrogens with one attached hydrogen (secondary N) is 1. The van der Waals surface area contributed by atoms with Crippen molar-refractivity contribution in [3.05, 3.63) is 20.8 Å². The van der Waals surface area contributed by atoms with Crippen LogP contribution >= 0.6 is 27.3 Å². The van der Waals surface area contributed by atoms with E-state index in [1.54, 1.807) is 11.3 Å². The van der Waals surface area contributed by atoms with Crippen molar-refractivity contribution in [2.24, 2.45) is 11.8 Å². The lowest BCUT2D eigenvalue weighted by Gasteiger charge is -2.15. The summed E-state index contributed by atoms with van der Waals surface area (Å²) in [6.07, 6.45) is 2.29. The zero-order valence-electron chi connectivity index (χ0n) is 8.59. The molecule has 0 saturated carbocycles. The molecule has 1 rings (SSSR count). The van der Waals surface area contributed by atoms with Gasteiger partial charge in [-0.3, -0.25) is 11.3 Å². The molecule has 0 aliphatic heterocycles. The molecule has 0 saturated heterocycles. The predicted octanol–water partition coefficient (Wildman–Crippen LogP) is 3.45. The molecule has 14 heavy (non-hydrogen) atoms. The molecular weight excluding hydrogens is 260 g/mol. The van der Waals surface area contributed by atoms with Gasteiger partial charge in [0.15, 0.2) is 0 Å². The maximum Gasteiger partial charge on any atom is 0.0701 e. The van der Waals surface area contributed by atoms with Crippen LogP contribution in [0.2, 0.25) is 0 Å². The Morgan fingerprint density at radius 1 is 1.50 bits per heavy atom. The second kappa shape index (κ2) is 5.85. The first-order valence-electron chi connectivity index (χ1n) is 4.83. The van der Waals surface area contributed by atoms with Gasteiger partial charge in [0.1, 0.15) is 0 Å². The Bertz CT molecular complexity index is 273. The van der Waals surface area contributed by atoms with Gasteiger partial charge in [-0.25, -0.2) is 0 Å². The van der Waals surface area contributed by atoms with Gasteiger partial charge < -0.3 is 0 Å². The van der Waals surface area contributed by atoms with Gasteiger partial charge in [-0.1, -0.05) is 13.8 Å². The molecule has 0 spiro atoms. The summed E-state index contributed by atoms with van der Waals surface area (Å²) in [4.78, 5) is 0. The van der Waals surface area contributed by atoms with Crippen LogP contribution in [0.3, 0.4) is 0 Å². The third-order valence-electron chi connectivity index (χ3n) is 2.22. The second-order valence-corrected chi connectivity index (χ2v) is 6.17. The van der Waals surface area contributed by atoms with Crippen LogP contribution in [0.5, 0.6) is 0 Å². The number of hydrogen-bond acceptors (Lipinski definition) is 3. The molecule has 1 heterocycles. The summed E-state index contributed by atoms with van der Waals surface area (Å²) < 4.78 is 1.16. The van der Waals surface area contributed by atoms with Gasteiger partial charge in [-0.05, 0) is 51.7 Å². The van der Waals surface area contributed by atoms with Gasteiger partial charge in [0.2, 0.25) is 0 Å². The van der Waals surface area contributed by atoms with E-state index in [9.17, 15) is 0 Å². The molecule has 80 valence electrons. The molecule has 0 fully saturated rings. The van der Waals surface area contributed by atoms with Crippen LogP contribution in [0.25, 0.3) is 0 Å². The second-order valence-electron chi connectivity index (χ2n) is 3.87. The summed E-state index contributed by atoms with van der Waals surface area (Å²) in [6.45, 7) is 4.47. The first-order chi connectivity index (χ1) is 6.63. The van der Waals surface area contributed by atoms with Crippen molar-refractivity contribution < 1.29 is 0 Å². The van der Waals surface area contributed by atoms with Crippen molar-refractivity contribution in [3.8, 4) is 0 Å². The lowest BCUT2D eigenvalue weighted by molar-refractivity contribution is 0.449. The fraction of sp³-hybridized carbons (Fsp3) is 0.600. The lowest BCUT2D eigenvalue weighted by atomic mass is 10.0. The molecule has 1 atom stereocenters. The predicted molar refractivity (Wildman–Crippen MR) is 66.2 cm³/mol. The molecule has 0 aromatic carbocycles. The average molecular weight is 277 g/mol. The Balaban J connectivity index is 2.54. The maximum absolute atomic E-state index is 5.54. The van der Waals surface area contributed by atoms with E-state index in [0.717, 1.165) is 16.1 Å². The quantitative estimate of drug-likeness (QED) is 0.639. The topological polar surface area (TPSA) is 38.0 Å². The fourth-order valence-corrected chi connectivity index (χ4v) is 2.58. The third-order valence-corrected chi connectivity index (χ3v) is 3.75. The summed E-state index contributed by atoms with van der Waals surface area (Å²) >= 11 is 5.16. The van der Waals surface area contributed by atoms with E-state index in [0.29, 0.717) is 6.04 Å². The molecule has 0 amide bonds. The molecule has 0 radical (unpaired) electrons. The van der Waals surface area contributed by atoms with Crippen LogP contribution in [-0.2, 0) is 0 Å². The first kappa shape index (κ1) is 12.2. The first-order valence-corrected chi connectivity index (χ1v) is 6.50. The van der Waals surface area contributed by atoms with E-state index < -0.39 is 0 Å². The normalized spacial score (nSPS) is 13.5. The zero-order chi connectivity index (χ0) is 10.6. The number of hydrogen-bond donors (Lipinski definition) is 2. The smallest absolute Gasteiger partial charge is 0.0701 e. The Hall–Kier alpha value is 0.100. The van der Waals surface area contributed by atoms with Crippen molar-refractivity contribution in [1.82, 2.24) is 5.43 Å². The van der Waals surface area contributed by atoms with E-state index in [-0.39, 0.29) is 0 Å². The van der Waals surface area contributed by atoms with Gasteiger partial charge in [-0.15, -0.1) is 11.3 Å². The maximum atomic E-state index is 5.54. The monoisotopic (exact) mass is 276 g/mol. The van der Waals surface area contributed by atoms with Crippen LogP contribution in [0.15, 0.2) is 15.2 Å². The summed E-state index contributed by atoms with van der Waals surface area (Å²) in [7, 11) is 0. The Labute approximate surface area is 98.0 Å². The number of hydrazine groups is 1. The molecule has 4 heteroatoms. The summed E-state index contributed by atoms with van der Waals surface area (Å²) in [5.41, 5.74) is 4.16. The summed E-state index contributed by atoms with van der Waals surface area (Å²) in [5, 5.41) is 2.15.